The third kappa shape index (κ3) is 3.89. The smallest absolute Gasteiger partial charge is 0.344 e. The normalized spacial score (nSPS) is 12.2. The number of ether oxygens (including phenoxy) is 1. The Morgan fingerprint density at radius 1 is 1.22 bits per heavy atom. The Bertz CT molecular complexity index is 831. The Morgan fingerprint density at radius 3 is 2.22 bits per heavy atom. The minimum absolute atomic E-state index is 0.0227. The molecule has 0 fully saturated rings. The average Bonchev–Trinajstić information content (AvgIpc) is 2.78. The van der Waals surface area contributed by atoms with E-state index in [-0.39, 0.29) is 17.1 Å². The first-order valence-corrected chi connectivity index (χ1v) is 8.72. The van der Waals surface area contributed by atoms with Crippen LogP contribution in [0.1, 0.15) is 36.7 Å². The molecule has 1 aromatic heterocycles. The molecule has 0 saturated heterocycles. The van der Waals surface area contributed by atoms with Crippen LogP contribution in [0.4, 0.5) is 5.82 Å². The first-order chi connectivity index (χ1) is 10.5. The second-order valence-electron chi connectivity index (χ2n) is 6.23. The average molecular weight is 337 g/mol. The molecule has 1 aromatic carbocycles. The van der Waals surface area contributed by atoms with Gasteiger partial charge in [-0.1, -0.05) is 32.9 Å². The summed E-state index contributed by atoms with van der Waals surface area (Å²) < 4.78 is 28.5. The molecule has 2 rings (SSSR count). The molecule has 0 bridgehead atoms. The summed E-state index contributed by atoms with van der Waals surface area (Å²) in [4.78, 5) is 12.1. The first kappa shape index (κ1) is 17.0. The monoisotopic (exact) mass is 337 g/mol. The van der Waals surface area contributed by atoms with Crippen molar-refractivity contribution >= 4 is 21.8 Å². The third-order valence-electron chi connectivity index (χ3n) is 3.18. The number of anilines is 1. The van der Waals surface area contributed by atoms with E-state index in [1.165, 1.54) is 6.07 Å². The van der Waals surface area contributed by atoms with E-state index in [4.69, 9.17) is 10.5 Å². The Hall–Kier alpha value is -2.35. The quantitative estimate of drug-likeness (QED) is 0.856. The molecule has 0 amide bonds. The van der Waals surface area contributed by atoms with Crippen molar-refractivity contribution in [3.05, 3.63) is 41.5 Å². The summed E-state index contributed by atoms with van der Waals surface area (Å²) in [5.74, 6) is -0.931. The number of rotatable bonds is 3. The summed E-state index contributed by atoms with van der Waals surface area (Å²) in [6.45, 7) is 6.21. The molecule has 7 nitrogen and oxygen atoms in total. The van der Waals surface area contributed by atoms with Crippen molar-refractivity contribution in [1.29, 1.82) is 0 Å². The number of benzene rings is 1. The molecule has 8 heteroatoms. The highest BCUT2D eigenvalue weighted by Gasteiger charge is 2.18. The van der Waals surface area contributed by atoms with Gasteiger partial charge < -0.3 is 10.5 Å². The standard InChI is InChI=1S/C15H19N3O4S/c1-15(2,3)11-7-5-10(6-8-11)14(19)22-13-9-12(16)18(17-13)23(4,20)21/h5-9H,16H2,1-4H3. The molecule has 2 N–H and O–H groups in total. The second kappa shape index (κ2) is 5.69. The second-order valence-corrected chi connectivity index (χ2v) is 8.04. The van der Waals surface area contributed by atoms with E-state index in [0.29, 0.717) is 9.65 Å². The SMILES string of the molecule is CC(C)(C)c1ccc(C(=O)Oc2cc(N)n(S(C)(=O)=O)n2)cc1. The third-order valence-corrected chi connectivity index (χ3v) is 4.10. The summed E-state index contributed by atoms with van der Waals surface area (Å²) in [5, 5.41) is 3.66. The predicted octanol–water partition coefficient (Wildman–Crippen LogP) is 1.79. The number of hydrogen-bond acceptors (Lipinski definition) is 6. The molecule has 1 heterocycles. The molecule has 0 saturated carbocycles. The number of hydrogen-bond donors (Lipinski definition) is 1. The lowest BCUT2D eigenvalue weighted by molar-refractivity contribution is 0.0727. The fourth-order valence-corrected chi connectivity index (χ4v) is 2.60. The van der Waals surface area contributed by atoms with Crippen LogP contribution in [-0.2, 0) is 15.4 Å². The molecule has 23 heavy (non-hydrogen) atoms. The van der Waals surface area contributed by atoms with Gasteiger partial charge >= 0.3 is 5.97 Å². The van der Waals surface area contributed by atoms with Gasteiger partial charge in [0.05, 0.1) is 11.8 Å². The van der Waals surface area contributed by atoms with Crippen LogP contribution in [0.5, 0.6) is 5.88 Å². The van der Waals surface area contributed by atoms with E-state index in [1.54, 1.807) is 12.1 Å². The molecule has 2 aromatic rings. The largest absolute Gasteiger partial charge is 0.402 e. The van der Waals surface area contributed by atoms with Crippen molar-refractivity contribution in [3.63, 3.8) is 0 Å². The minimum Gasteiger partial charge on any atom is -0.402 e. The fraction of sp³-hybridized carbons (Fsp3) is 0.333. The van der Waals surface area contributed by atoms with Crippen LogP contribution >= 0.6 is 0 Å². The fourth-order valence-electron chi connectivity index (χ4n) is 1.93. The van der Waals surface area contributed by atoms with Gasteiger partial charge in [-0.2, -0.15) is 0 Å². The summed E-state index contributed by atoms with van der Waals surface area (Å²) in [6, 6.07) is 8.18. The molecule has 0 radical (unpaired) electrons. The zero-order chi connectivity index (χ0) is 17.4. The Labute approximate surface area is 135 Å². The zero-order valence-electron chi connectivity index (χ0n) is 13.4. The van der Waals surface area contributed by atoms with Crippen molar-refractivity contribution in [2.75, 3.05) is 12.0 Å². The lowest BCUT2D eigenvalue weighted by atomic mass is 9.87. The zero-order valence-corrected chi connectivity index (χ0v) is 14.2. The van der Waals surface area contributed by atoms with Crippen molar-refractivity contribution in [2.24, 2.45) is 0 Å². The molecule has 0 aliphatic rings. The van der Waals surface area contributed by atoms with Crippen LogP contribution in [-0.4, -0.2) is 29.8 Å². The van der Waals surface area contributed by atoms with Gasteiger partial charge in [0.2, 0.25) is 5.88 Å². The summed E-state index contributed by atoms with van der Waals surface area (Å²) in [7, 11) is -3.65. The Morgan fingerprint density at radius 2 is 1.78 bits per heavy atom. The van der Waals surface area contributed by atoms with Gasteiger partial charge in [-0.3, -0.25) is 0 Å². The Kier molecular flexibility index (Phi) is 4.21. The molecule has 0 unspecified atom stereocenters. The number of esters is 1. The van der Waals surface area contributed by atoms with Gasteiger partial charge in [0.25, 0.3) is 10.0 Å². The van der Waals surface area contributed by atoms with Gasteiger partial charge in [0.15, 0.2) is 0 Å². The van der Waals surface area contributed by atoms with Gasteiger partial charge in [-0.15, -0.1) is 9.19 Å². The van der Waals surface area contributed by atoms with Crippen molar-refractivity contribution in [1.82, 2.24) is 9.19 Å². The van der Waals surface area contributed by atoms with Gasteiger partial charge in [0.1, 0.15) is 5.82 Å². The van der Waals surface area contributed by atoms with Gasteiger partial charge in [-0.05, 0) is 23.1 Å². The number of carbonyl (C=O) groups is 1. The summed E-state index contributed by atoms with van der Waals surface area (Å²) in [6.07, 6.45) is 0.952. The summed E-state index contributed by atoms with van der Waals surface area (Å²) in [5.41, 5.74) is 6.94. The maximum atomic E-state index is 12.1. The van der Waals surface area contributed by atoms with Crippen LogP contribution in [0, 0.1) is 0 Å². The van der Waals surface area contributed by atoms with Crippen LogP contribution in [0.25, 0.3) is 0 Å². The van der Waals surface area contributed by atoms with E-state index in [2.05, 4.69) is 25.9 Å². The number of aromatic nitrogens is 2. The number of nitrogens with zero attached hydrogens (tertiary/aromatic N) is 2. The highest BCUT2D eigenvalue weighted by atomic mass is 32.2. The van der Waals surface area contributed by atoms with E-state index in [9.17, 15) is 13.2 Å². The van der Waals surface area contributed by atoms with E-state index in [1.807, 2.05) is 12.1 Å². The Balaban J connectivity index is 2.20. The number of nitrogens with two attached hydrogens (primary N) is 1. The van der Waals surface area contributed by atoms with Crippen molar-refractivity contribution in [3.8, 4) is 5.88 Å². The molecule has 0 spiro atoms. The van der Waals surface area contributed by atoms with Gasteiger partial charge in [0, 0.05) is 6.07 Å². The number of carbonyl (C=O) groups excluding carboxylic acids is 1. The first-order valence-electron chi connectivity index (χ1n) is 6.87. The van der Waals surface area contributed by atoms with Crippen molar-refractivity contribution < 1.29 is 17.9 Å². The molecular formula is C15H19N3O4S. The maximum absolute atomic E-state index is 12.1. The van der Waals surface area contributed by atoms with E-state index >= 15 is 0 Å². The van der Waals surface area contributed by atoms with Crippen LogP contribution in [0.15, 0.2) is 30.3 Å². The van der Waals surface area contributed by atoms with Crippen LogP contribution in [0.3, 0.4) is 0 Å². The molecule has 0 aliphatic carbocycles. The van der Waals surface area contributed by atoms with Crippen LogP contribution < -0.4 is 10.5 Å². The maximum Gasteiger partial charge on any atom is 0.344 e. The van der Waals surface area contributed by atoms with Crippen molar-refractivity contribution in [2.45, 2.75) is 26.2 Å². The summed E-state index contributed by atoms with van der Waals surface area (Å²) >= 11 is 0. The topological polar surface area (TPSA) is 104 Å². The van der Waals surface area contributed by atoms with Gasteiger partial charge in [-0.25, -0.2) is 13.2 Å². The van der Waals surface area contributed by atoms with E-state index in [0.717, 1.165) is 11.8 Å². The van der Waals surface area contributed by atoms with Crippen LogP contribution in [0.2, 0.25) is 0 Å². The lowest BCUT2D eigenvalue weighted by Crippen LogP contribution is -2.15. The highest BCUT2D eigenvalue weighted by Crippen LogP contribution is 2.23. The lowest BCUT2D eigenvalue weighted by Gasteiger charge is -2.18. The highest BCUT2D eigenvalue weighted by molar-refractivity contribution is 7.89. The predicted molar refractivity (Wildman–Crippen MR) is 87.0 cm³/mol. The molecule has 0 aliphatic heterocycles. The molecular weight excluding hydrogens is 318 g/mol. The van der Waals surface area contributed by atoms with E-state index < -0.39 is 16.0 Å². The molecule has 0 atom stereocenters. The number of nitrogen functional groups attached to an aromatic ring is 1. The molecule has 124 valence electrons. The minimum atomic E-state index is -3.65.